The zero-order chi connectivity index (χ0) is 12.0. The van der Waals surface area contributed by atoms with Gasteiger partial charge in [-0.1, -0.05) is 32.0 Å². The highest BCUT2D eigenvalue weighted by molar-refractivity contribution is 5.33. The average Bonchev–Trinajstić information content (AvgIpc) is 2.24. The molecule has 0 aliphatic rings. The zero-order valence-electron chi connectivity index (χ0n) is 10.6. The number of aryl methyl sites for hydroxylation is 1. The lowest BCUT2D eigenvalue weighted by Gasteiger charge is -2.13. The summed E-state index contributed by atoms with van der Waals surface area (Å²) in [4.78, 5) is 0. The molecule has 0 fully saturated rings. The second kappa shape index (κ2) is 6.54. The van der Waals surface area contributed by atoms with Gasteiger partial charge in [0.2, 0.25) is 0 Å². The van der Waals surface area contributed by atoms with Gasteiger partial charge < -0.3 is 10.5 Å². The van der Waals surface area contributed by atoms with Crippen molar-refractivity contribution >= 4 is 0 Å². The number of ether oxygens (including phenoxy) is 1. The van der Waals surface area contributed by atoms with Crippen molar-refractivity contribution < 1.29 is 4.74 Å². The number of nitrogens with two attached hydrogens (primary N) is 1. The van der Waals surface area contributed by atoms with Crippen LogP contribution in [0, 0.1) is 5.92 Å². The van der Waals surface area contributed by atoms with Crippen LogP contribution >= 0.6 is 0 Å². The molecule has 0 heterocycles. The minimum absolute atomic E-state index is 0.248. The molecule has 1 atom stereocenters. The van der Waals surface area contributed by atoms with E-state index in [2.05, 4.69) is 26.0 Å². The van der Waals surface area contributed by atoms with Gasteiger partial charge in [0.25, 0.3) is 0 Å². The Bertz CT molecular complexity index is 276. The van der Waals surface area contributed by atoms with Gasteiger partial charge in [0.1, 0.15) is 5.75 Å². The second-order valence-electron chi connectivity index (χ2n) is 4.83. The van der Waals surface area contributed by atoms with Gasteiger partial charge in [0.05, 0.1) is 6.61 Å². The van der Waals surface area contributed by atoms with E-state index in [-0.39, 0.29) is 6.04 Å². The largest absolute Gasteiger partial charge is 0.493 e. The molecule has 0 aliphatic carbocycles. The van der Waals surface area contributed by atoms with E-state index in [0.29, 0.717) is 5.92 Å². The van der Waals surface area contributed by atoms with Crippen molar-refractivity contribution in [2.75, 3.05) is 6.61 Å². The van der Waals surface area contributed by atoms with Crippen LogP contribution in [0.3, 0.4) is 0 Å². The van der Waals surface area contributed by atoms with E-state index >= 15 is 0 Å². The molecule has 1 aromatic carbocycles. The topological polar surface area (TPSA) is 35.2 Å². The van der Waals surface area contributed by atoms with E-state index in [1.165, 1.54) is 5.56 Å². The second-order valence-corrected chi connectivity index (χ2v) is 4.83. The molecule has 90 valence electrons. The van der Waals surface area contributed by atoms with Crippen molar-refractivity contribution in [3.8, 4) is 5.75 Å². The molecular weight excluding hydrogens is 198 g/mol. The highest BCUT2D eigenvalue weighted by Crippen LogP contribution is 2.20. The Labute approximate surface area is 98.8 Å². The number of hydrogen-bond donors (Lipinski definition) is 1. The minimum atomic E-state index is 0.248. The molecule has 1 aromatic rings. The maximum Gasteiger partial charge on any atom is 0.122 e. The molecule has 16 heavy (non-hydrogen) atoms. The number of benzene rings is 1. The molecule has 0 aromatic heterocycles. The van der Waals surface area contributed by atoms with E-state index in [0.717, 1.165) is 25.2 Å². The molecule has 2 N–H and O–H groups in total. The maximum absolute atomic E-state index is 5.79. The van der Waals surface area contributed by atoms with Crippen molar-refractivity contribution in [3.05, 3.63) is 29.8 Å². The van der Waals surface area contributed by atoms with E-state index in [1.807, 2.05) is 19.1 Å². The van der Waals surface area contributed by atoms with E-state index in [1.54, 1.807) is 0 Å². The first-order valence-electron chi connectivity index (χ1n) is 6.06. The molecule has 0 saturated carbocycles. The Morgan fingerprint density at radius 2 is 1.88 bits per heavy atom. The summed E-state index contributed by atoms with van der Waals surface area (Å²) in [6.45, 7) is 7.13. The predicted molar refractivity (Wildman–Crippen MR) is 68.7 cm³/mol. The van der Waals surface area contributed by atoms with Gasteiger partial charge >= 0.3 is 0 Å². The van der Waals surface area contributed by atoms with Gasteiger partial charge in [0.15, 0.2) is 0 Å². The van der Waals surface area contributed by atoms with Crippen LogP contribution in [0.1, 0.15) is 32.8 Å². The lowest BCUT2D eigenvalue weighted by Crippen LogP contribution is -2.15. The summed E-state index contributed by atoms with van der Waals surface area (Å²) in [5.74, 6) is 1.57. The van der Waals surface area contributed by atoms with Gasteiger partial charge in [-0.25, -0.2) is 0 Å². The third-order valence-corrected chi connectivity index (χ3v) is 2.41. The van der Waals surface area contributed by atoms with E-state index < -0.39 is 0 Å². The van der Waals surface area contributed by atoms with Crippen LogP contribution in [-0.4, -0.2) is 12.6 Å². The van der Waals surface area contributed by atoms with Crippen molar-refractivity contribution in [2.24, 2.45) is 11.7 Å². The zero-order valence-corrected chi connectivity index (χ0v) is 10.6. The van der Waals surface area contributed by atoms with Crippen LogP contribution in [0.4, 0.5) is 0 Å². The van der Waals surface area contributed by atoms with Crippen molar-refractivity contribution in [3.63, 3.8) is 0 Å². The first-order chi connectivity index (χ1) is 7.59. The molecule has 0 aliphatic heterocycles. The standard InChI is InChI=1S/C14H23NO/c1-11(2)10-16-14-7-5-4-6-13(14)9-8-12(3)15/h4-7,11-12H,8-10,15H2,1-3H3. The van der Waals surface area contributed by atoms with Crippen LogP contribution < -0.4 is 10.5 Å². The fourth-order valence-corrected chi connectivity index (χ4v) is 1.49. The summed E-state index contributed by atoms with van der Waals surface area (Å²) in [5.41, 5.74) is 7.04. The Kier molecular flexibility index (Phi) is 5.33. The highest BCUT2D eigenvalue weighted by Gasteiger charge is 2.05. The normalized spacial score (nSPS) is 12.8. The summed E-state index contributed by atoms with van der Waals surface area (Å²) >= 11 is 0. The summed E-state index contributed by atoms with van der Waals surface area (Å²) < 4.78 is 5.79. The van der Waals surface area contributed by atoms with Crippen LogP contribution in [0.25, 0.3) is 0 Å². The predicted octanol–water partition coefficient (Wildman–Crippen LogP) is 3.00. The van der Waals surface area contributed by atoms with Gasteiger partial charge in [0, 0.05) is 6.04 Å². The molecule has 0 amide bonds. The van der Waals surface area contributed by atoms with Gasteiger partial charge in [-0.15, -0.1) is 0 Å². The third-order valence-electron chi connectivity index (χ3n) is 2.41. The van der Waals surface area contributed by atoms with Crippen LogP contribution in [0.2, 0.25) is 0 Å². The minimum Gasteiger partial charge on any atom is -0.493 e. The van der Waals surface area contributed by atoms with Crippen LogP contribution in [0.5, 0.6) is 5.75 Å². The van der Waals surface area contributed by atoms with Crippen molar-refractivity contribution in [2.45, 2.75) is 39.7 Å². The van der Waals surface area contributed by atoms with E-state index in [4.69, 9.17) is 10.5 Å². The van der Waals surface area contributed by atoms with Gasteiger partial charge in [-0.3, -0.25) is 0 Å². The fourth-order valence-electron chi connectivity index (χ4n) is 1.49. The van der Waals surface area contributed by atoms with Crippen LogP contribution in [-0.2, 0) is 6.42 Å². The Morgan fingerprint density at radius 1 is 1.19 bits per heavy atom. The lowest BCUT2D eigenvalue weighted by molar-refractivity contribution is 0.268. The summed E-state index contributed by atoms with van der Waals surface area (Å²) in [7, 11) is 0. The smallest absolute Gasteiger partial charge is 0.122 e. The van der Waals surface area contributed by atoms with Crippen LogP contribution in [0.15, 0.2) is 24.3 Å². The SMILES string of the molecule is CC(C)COc1ccccc1CCC(C)N. The quantitative estimate of drug-likeness (QED) is 0.801. The number of para-hydroxylation sites is 1. The van der Waals surface area contributed by atoms with Crippen molar-refractivity contribution in [1.29, 1.82) is 0 Å². The lowest BCUT2D eigenvalue weighted by atomic mass is 10.1. The molecule has 0 saturated heterocycles. The molecule has 0 bridgehead atoms. The third kappa shape index (κ3) is 4.67. The molecule has 1 rings (SSSR count). The average molecular weight is 221 g/mol. The maximum atomic E-state index is 5.79. The van der Waals surface area contributed by atoms with Crippen molar-refractivity contribution in [1.82, 2.24) is 0 Å². The molecule has 2 heteroatoms. The molecule has 0 spiro atoms. The van der Waals surface area contributed by atoms with E-state index in [9.17, 15) is 0 Å². The number of rotatable bonds is 6. The molecule has 0 radical (unpaired) electrons. The fraction of sp³-hybridized carbons (Fsp3) is 0.571. The highest BCUT2D eigenvalue weighted by atomic mass is 16.5. The summed E-state index contributed by atoms with van der Waals surface area (Å²) in [6.07, 6.45) is 1.99. The summed E-state index contributed by atoms with van der Waals surface area (Å²) in [5, 5.41) is 0. The Hall–Kier alpha value is -1.02. The summed E-state index contributed by atoms with van der Waals surface area (Å²) in [6, 6.07) is 8.49. The number of hydrogen-bond acceptors (Lipinski definition) is 2. The molecule has 1 unspecified atom stereocenters. The monoisotopic (exact) mass is 221 g/mol. The molecule has 2 nitrogen and oxygen atoms in total. The Morgan fingerprint density at radius 3 is 2.50 bits per heavy atom. The van der Waals surface area contributed by atoms with Gasteiger partial charge in [-0.05, 0) is 37.3 Å². The Balaban J connectivity index is 2.60. The first-order valence-corrected chi connectivity index (χ1v) is 6.06. The molecular formula is C14H23NO. The first kappa shape index (κ1) is 13.0. The van der Waals surface area contributed by atoms with Gasteiger partial charge in [-0.2, -0.15) is 0 Å².